The lowest BCUT2D eigenvalue weighted by Gasteiger charge is -2.26. The van der Waals surface area contributed by atoms with Crippen molar-refractivity contribution in [2.45, 2.75) is 34.1 Å². The molecule has 2 rings (SSSR count). The van der Waals surface area contributed by atoms with Gasteiger partial charge in [-0.25, -0.2) is 10.1 Å². The predicted molar refractivity (Wildman–Crippen MR) is 158 cm³/mol. The number of ether oxygens (including phenoxy) is 1. The lowest BCUT2D eigenvalue weighted by atomic mass is 9.88. The van der Waals surface area contributed by atoms with E-state index < -0.39 is 5.41 Å². The topological polar surface area (TPSA) is 116 Å². The normalized spacial score (nSPS) is 12.8. The van der Waals surface area contributed by atoms with Crippen LogP contribution in [0.25, 0.3) is 0 Å². The van der Waals surface area contributed by atoms with Gasteiger partial charge in [0.25, 0.3) is 5.91 Å². The molecule has 0 aliphatic rings. The Morgan fingerprint density at radius 2 is 1.77 bits per heavy atom. The Balaban J connectivity index is 2.19. The molecule has 0 radical (unpaired) electrons. The first kappa shape index (κ1) is 32.8. The van der Waals surface area contributed by atoms with Crippen molar-refractivity contribution in [2.75, 3.05) is 40.8 Å². The number of hydrogen-bond acceptors (Lipinski definition) is 6. The molecule has 0 aliphatic heterocycles. The zero-order valence-electron chi connectivity index (χ0n) is 24.6. The maximum atomic E-state index is 13.4. The fourth-order valence-electron chi connectivity index (χ4n) is 4.35. The number of halogens is 1. The van der Waals surface area contributed by atoms with E-state index in [2.05, 4.69) is 16.0 Å². The SMILES string of the molecule is CCOc1ccc(Cl)cc1C(=O)NCC(C)(C)CC(=O)N/C(C(=O)[NH2+]c1ccccc1)=C(/NC)C(C)CN(C)C. The summed E-state index contributed by atoms with van der Waals surface area (Å²) in [6.07, 6.45) is 0.0717. The molecule has 0 spiro atoms. The second-order valence-electron chi connectivity index (χ2n) is 10.8. The van der Waals surface area contributed by atoms with Gasteiger partial charge in [0, 0.05) is 43.2 Å². The first-order valence-electron chi connectivity index (χ1n) is 13.4. The largest absolute Gasteiger partial charge is 0.493 e. The van der Waals surface area contributed by atoms with E-state index in [0.717, 1.165) is 5.69 Å². The smallest absolute Gasteiger partial charge is 0.365 e. The molecule has 2 aromatic carbocycles. The summed E-state index contributed by atoms with van der Waals surface area (Å²) in [4.78, 5) is 41.7. The summed E-state index contributed by atoms with van der Waals surface area (Å²) in [5.74, 6) is -0.582. The lowest BCUT2D eigenvalue weighted by molar-refractivity contribution is -0.479. The molecule has 0 saturated carbocycles. The van der Waals surface area contributed by atoms with Gasteiger partial charge in [-0.2, -0.15) is 0 Å². The van der Waals surface area contributed by atoms with Crippen LogP contribution in [-0.2, 0) is 9.59 Å². The first-order chi connectivity index (χ1) is 18.9. The van der Waals surface area contributed by atoms with Crippen molar-refractivity contribution in [2.24, 2.45) is 11.3 Å². The summed E-state index contributed by atoms with van der Waals surface area (Å²) in [6.45, 7) is 8.90. The van der Waals surface area contributed by atoms with Crippen LogP contribution >= 0.6 is 11.6 Å². The number of benzene rings is 2. The number of rotatable bonds is 14. The molecule has 0 heterocycles. The molecular weight excluding hydrogens is 530 g/mol. The third kappa shape index (κ3) is 10.3. The van der Waals surface area contributed by atoms with E-state index in [1.165, 1.54) is 5.32 Å². The van der Waals surface area contributed by atoms with Gasteiger partial charge in [-0.1, -0.05) is 50.6 Å². The van der Waals surface area contributed by atoms with Gasteiger partial charge >= 0.3 is 5.91 Å². The van der Waals surface area contributed by atoms with Crippen molar-refractivity contribution in [3.05, 3.63) is 70.5 Å². The minimum absolute atomic E-state index is 0.0482. The summed E-state index contributed by atoms with van der Waals surface area (Å²) in [6, 6.07) is 14.1. The summed E-state index contributed by atoms with van der Waals surface area (Å²) in [5.41, 5.74) is 1.32. The average Bonchev–Trinajstić information content (AvgIpc) is 2.88. The fraction of sp³-hybridized carbons (Fsp3) is 0.433. The molecule has 0 aromatic heterocycles. The van der Waals surface area contributed by atoms with Crippen LogP contribution in [0, 0.1) is 11.3 Å². The van der Waals surface area contributed by atoms with Crippen molar-refractivity contribution < 1.29 is 24.4 Å². The van der Waals surface area contributed by atoms with Gasteiger partial charge in [0.1, 0.15) is 11.4 Å². The number of amides is 3. The Kier molecular flexibility index (Phi) is 12.6. The Morgan fingerprint density at radius 1 is 1.10 bits per heavy atom. The molecule has 0 aliphatic carbocycles. The number of para-hydroxylation sites is 1. The monoisotopic (exact) mass is 572 g/mol. The molecule has 40 heavy (non-hydrogen) atoms. The van der Waals surface area contributed by atoms with Gasteiger partial charge in [0.2, 0.25) is 5.91 Å². The second-order valence-corrected chi connectivity index (χ2v) is 11.2. The van der Waals surface area contributed by atoms with E-state index in [9.17, 15) is 14.4 Å². The minimum Gasteiger partial charge on any atom is -0.493 e. The zero-order chi connectivity index (χ0) is 29.9. The minimum atomic E-state index is -0.615. The van der Waals surface area contributed by atoms with Crippen molar-refractivity contribution in [3.63, 3.8) is 0 Å². The Hall–Kier alpha value is -3.40. The van der Waals surface area contributed by atoms with Gasteiger partial charge in [-0.3, -0.25) is 9.59 Å². The molecule has 5 N–H and O–H groups in total. The van der Waals surface area contributed by atoms with Gasteiger partial charge < -0.3 is 25.6 Å². The first-order valence-corrected chi connectivity index (χ1v) is 13.8. The van der Waals surface area contributed by atoms with Gasteiger partial charge in [0.05, 0.1) is 12.2 Å². The zero-order valence-corrected chi connectivity index (χ0v) is 25.3. The number of nitrogens with one attached hydrogen (secondary N) is 3. The molecule has 3 amide bonds. The van der Waals surface area contributed by atoms with Gasteiger partial charge in [0.15, 0.2) is 5.70 Å². The fourth-order valence-corrected chi connectivity index (χ4v) is 4.52. The van der Waals surface area contributed by atoms with E-state index >= 15 is 0 Å². The van der Waals surface area contributed by atoms with Crippen LogP contribution in [0.15, 0.2) is 59.9 Å². The number of nitrogens with zero attached hydrogens (tertiary/aromatic N) is 1. The highest BCUT2D eigenvalue weighted by molar-refractivity contribution is 6.31. The van der Waals surface area contributed by atoms with Crippen LogP contribution in [0.4, 0.5) is 5.69 Å². The van der Waals surface area contributed by atoms with E-state index in [4.69, 9.17) is 16.3 Å². The lowest BCUT2D eigenvalue weighted by Crippen LogP contribution is -2.83. The predicted octanol–water partition coefficient (Wildman–Crippen LogP) is 3.05. The molecular formula is C30H43ClN5O4+. The molecule has 0 fully saturated rings. The molecule has 0 saturated heterocycles. The summed E-state index contributed by atoms with van der Waals surface area (Å²) < 4.78 is 5.56. The number of carbonyl (C=O) groups excluding carboxylic acids is 3. The molecule has 10 heteroatoms. The number of quaternary nitrogens is 1. The molecule has 2 aromatic rings. The average molecular weight is 573 g/mol. The van der Waals surface area contributed by atoms with Gasteiger partial charge in [-0.15, -0.1) is 0 Å². The van der Waals surface area contributed by atoms with E-state index in [1.807, 2.05) is 77.0 Å². The second kappa shape index (κ2) is 15.4. The standard InChI is InChI=1S/C30H42ClN5O4/c1-8-40-24-15-14-21(31)16-23(24)28(38)33-19-30(3,4)17-25(37)35-27(26(32-5)20(2)18-36(6)7)29(39)34-22-12-10-9-11-13-22/h9-16,20,32H,8,17-19H2,1-7H3,(H,33,38)(H,34,39)(H,35,37)/p+1/b27-26+. The summed E-state index contributed by atoms with van der Waals surface area (Å²) in [7, 11) is 5.66. The van der Waals surface area contributed by atoms with Crippen LogP contribution < -0.4 is 26.0 Å². The van der Waals surface area contributed by atoms with Gasteiger partial charge in [-0.05, 0) is 56.8 Å². The number of nitrogens with two attached hydrogens (primary N) is 1. The van der Waals surface area contributed by atoms with E-state index in [0.29, 0.717) is 35.2 Å². The van der Waals surface area contributed by atoms with Crippen LogP contribution in [0.2, 0.25) is 5.02 Å². The maximum absolute atomic E-state index is 13.4. The summed E-state index contributed by atoms with van der Waals surface area (Å²) in [5, 5.41) is 10.8. The van der Waals surface area contributed by atoms with Crippen LogP contribution in [0.3, 0.4) is 0 Å². The third-order valence-corrected chi connectivity index (χ3v) is 6.37. The molecule has 1 atom stereocenters. The number of carbonyl (C=O) groups is 3. The van der Waals surface area contributed by atoms with Crippen LogP contribution in [0.5, 0.6) is 5.75 Å². The Bertz CT molecular complexity index is 1200. The molecule has 218 valence electrons. The van der Waals surface area contributed by atoms with Crippen molar-refractivity contribution in [1.82, 2.24) is 20.9 Å². The molecule has 9 nitrogen and oxygen atoms in total. The maximum Gasteiger partial charge on any atom is 0.365 e. The molecule has 1 unspecified atom stereocenters. The van der Waals surface area contributed by atoms with Crippen molar-refractivity contribution in [1.29, 1.82) is 0 Å². The van der Waals surface area contributed by atoms with Crippen molar-refractivity contribution >= 4 is 35.0 Å². The van der Waals surface area contributed by atoms with Crippen LogP contribution in [-0.4, -0.2) is 63.5 Å². The third-order valence-electron chi connectivity index (χ3n) is 6.13. The number of primary amides is 1. The highest BCUT2D eigenvalue weighted by Crippen LogP contribution is 2.24. The Morgan fingerprint density at radius 3 is 2.38 bits per heavy atom. The van der Waals surface area contributed by atoms with E-state index in [-0.39, 0.29) is 42.3 Å². The number of hydrogen-bond donors (Lipinski definition) is 4. The van der Waals surface area contributed by atoms with Crippen molar-refractivity contribution in [3.8, 4) is 5.75 Å². The highest BCUT2D eigenvalue weighted by Gasteiger charge is 2.29. The molecule has 0 bridgehead atoms. The quantitative estimate of drug-likeness (QED) is 0.204. The Labute approximate surface area is 242 Å². The van der Waals surface area contributed by atoms with E-state index in [1.54, 1.807) is 25.2 Å². The van der Waals surface area contributed by atoms with Crippen LogP contribution in [0.1, 0.15) is 44.5 Å². The highest BCUT2D eigenvalue weighted by atomic mass is 35.5. The summed E-state index contributed by atoms with van der Waals surface area (Å²) >= 11 is 6.10.